The smallest absolute Gasteiger partial charge is 0.224 e. The lowest BCUT2D eigenvalue weighted by Gasteiger charge is -2.26. The van der Waals surface area contributed by atoms with Crippen LogP contribution < -0.4 is 5.32 Å². The Hall–Kier alpha value is -2.17. The summed E-state index contributed by atoms with van der Waals surface area (Å²) in [6.07, 6.45) is 0.478. The first-order valence-corrected chi connectivity index (χ1v) is 8.72. The highest BCUT2D eigenvalue weighted by molar-refractivity contribution is 7.12. The molecule has 1 fully saturated rings. The number of carbonyl (C=O) groups excluding carboxylic acids is 1. The fourth-order valence-electron chi connectivity index (χ4n) is 3.43. The van der Waals surface area contributed by atoms with Crippen molar-refractivity contribution < 1.29 is 4.79 Å². The van der Waals surface area contributed by atoms with Crippen LogP contribution in [-0.4, -0.2) is 33.7 Å². The summed E-state index contributed by atoms with van der Waals surface area (Å²) >= 11 is 1.49. The van der Waals surface area contributed by atoms with Gasteiger partial charge in [-0.2, -0.15) is 10.4 Å². The van der Waals surface area contributed by atoms with Gasteiger partial charge in [-0.25, -0.2) is 0 Å². The van der Waals surface area contributed by atoms with E-state index in [0.29, 0.717) is 17.8 Å². The zero-order chi connectivity index (χ0) is 17.4. The Morgan fingerprint density at radius 1 is 1.42 bits per heavy atom. The van der Waals surface area contributed by atoms with Gasteiger partial charge in [0, 0.05) is 49.2 Å². The topological polar surface area (TPSA) is 74.0 Å². The van der Waals surface area contributed by atoms with Gasteiger partial charge in [-0.1, -0.05) is 0 Å². The van der Waals surface area contributed by atoms with Gasteiger partial charge < -0.3 is 10.2 Å². The van der Waals surface area contributed by atoms with E-state index in [9.17, 15) is 4.79 Å². The van der Waals surface area contributed by atoms with Crippen molar-refractivity contribution in [1.29, 1.82) is 5.26 Å². The Morgan fingerprint density at radius 2 is 2.17 bits per heavy atom. The fourth-order valence-corrected chi connectivity index (χ4v) is 4.19. The largest absolute Gasteiger partial charge is 0.337 e. The van der Waals surface area contributed by atoms with Gasteiger partial charge in [0.2, 0.25) is 5.91 Å². The van der Waals surface area contributed by atoms with E-state index in [2.05, 4.69) is 16.5 Å². The summed E-state index contributed by atoms with van der Waals surface area (Å²) in [5.41, 5.74) is 3.19. The first kappa shape index (κ1) is 16.7. The van der Waals surface area contributed by atoms with E-state index in [1.165, 1.54) is 11.3 Å². The lowest BCUT2D eigenvalue weighted by molar-refractivity contribution is -0.127. The first-order chi connectivity index (χ1) is 11.4. The molecule has 1 aliphatic rings. The van der Waals surface area contributed by atoms with Gasteiger partial charge in [-0.3, -0.25) is 9.48 Å². The van der Waals surface area contributed by atoms with Crippen molar-refractivity contribution in [2.45, 2.75) is 38.9 Å². The zero-order valence-electron chi connectivity index (χ0n) is 14.3. The molecule has 3 heterocycles. The van der Waals surface area contributed by atoms with Crippen LogP contribution in [-0.2, 0) is 18.4 Å². The van der Waals surface area contributed by atoms with Crippen LogP contribution in [0.4, 0.5) is 0 Å². The second kappa shape index (κ2) is 6.38. The number of aromatic nitrogens is 2. The number of aryl methyl sites for hydroxylation is 2. The predicted molar refractivity (Wildman–Crippen MR) is 92.5 cm³/mol. The van der Waals surface area contributed by atoms with Crippen LogP contribution in [0.1, 0.15) is 39.2 Å². The van der Waals surface area contributed by atoms with Gasteiger partial charge in [0.15, 0.2) is 0 Å². The van der Waals surface area contributed by atoms with E-state index in [4.69, 9.17) is 5.26 Å². The number of nitrogens with zero attached hydrogens (tertiary/aromatic N) is 4. The van der Waals surface area contributed by atoms with Crippen LogP contribution in [0.3, 0.4) is 0 Å². The number of thiophene rings is 1. The summed E-state index contributed by atoms with van der Waals surface area (Å²) in [5.74, 6) is 0.143. The van der Waals surface area contributed by atoms with Crippen LogP contribution >= 0.6 is 11.3 Å². The molecule has 0 unspecified atom stereocenters. The predicted octanol–water partition coefficient (Wildman–Crippen LogP) is 2.03. The minimum absolute atomic E-state index is 0.0124. The summed E-state index contributed by atoms with van der Waals surface area (Å²) in [7, 11) is 3.79. The lowest BCUT2D eigenvalue weighted by Crippen LogP contribution is -2.35. The summed E-state index contributed by atoms with van der Waals surface area (Å²) in [6.45, 7) is 4.70. The fraction of sp³-hybridized carbons (Fsp3) is 0.471. The molecule has 0 radical (unpaired) electrons. The van der Waals surface area contributed by atoms with Gasteiger partial charge in [-0.05, 0) is 26.0 Å². The number of carbonyl (C=O) groups is 1. The highest BCUT2D eigenvalue weighted by atomic mass is 32.1. The Bertz CT molecular complexity index is 816. The van der Waals surface area contributed by atoms with E-state index in [1.807, 2.05) is 49.7 Å². The molecule has 24 heavy (non-hydrogen) atoms. The van der Waals surface area contributed by atoms with Gasteiger partial charge in [0.1, 0.15) is 10.9 Å². The highest BCUT2D eigenvalue weighted by Crippen LogP contribution is 2.35. The van der Waals surface area contributed by atoms with Crippen molar-refractivity contribution in [1.82, 2.24) is 20.0 Å². The zero-order valence-corrected chi connectivity index (χ0v) is 15.1. The molecule has 126 valence electrons. The summed E-state index contributed by atoms with van der Waals surface area (Å²) in [5, 5.41) is 16.9. The molecule has 0 aromatic carbocycles. The third kappa shape index (κ3) is 2.83. The maximum absolute atomic E-state index is 12.3. The Kier molecular flexibility index (Phi) is 4.43. The third-order valence-corrected chi connectivity index (χ3v) is 5.75. The van der Waals surface area contributed by atoms with Gasteiger partial charge in [0.05, 0.1) is 11.7 Å². The molecule has 6 nitrogen and oxygen atoms in total. The van der Waals surface area contributed by atoms with Crippen LogP contribution in [0.5, 0.6) is 0 Å². The van der Waals surface area contributed by atoms with Crippen LogP contribution in [0, 0.1) is 25.2 Å². The second-order valence-electron chi connectivity index (χ2n) is 6.23. The maximum Gasteiger partial charge on any atom is 0.224 e. The third-order valence-electron chi connectivity index (χ3n) is 4.76. The highest BCUT2D eigenvalue weighted by Gasteiger charge is 2.40. The maximum atomic E-state index is 12.3. The van der Waals surface area contributed by atoms with E-state index < -0.39 is 0 Å². The van der Waals surface area contributed by atoms with Gasteiger partial charge in [-0.15, -0.1) is 11.3 Å². The van der Waals surface area contributed by atoms with Crippen molar-refractivity contribution in [2.24, 2.45) is 7.05 Å². The number of hydrogen-bond acceptors (Lipinski definition) is 5. The Labute approximate surface area is 145 Å². The Balaban J connectivity index is 1.83. The molecule has 0 aliphatic carbocycles. The number of nitriles is 1. The van der Waals surface area contributed by atoms with Crippen molar-refractivity contribution in [3.63, 3.8) is 0 Å². The average Bonchev–Trinajstić information content (AvgIpc) is 3.18. The normalized spacial score (nSPS) is 20.6. The van der Waals surface area contributed by atoms with Gasteiger partial charge in [0.25, 0.3) is 0 Å². The number of rotatable bonds is 4. The van der Waals surface area contributed by atoms with E-state index in [1.54, 1.807) is 0 Å². The van der Waals surface area contributed by atoms with Crippen molar-refractivity contribution in [2.75, 3.05) is 7.05 Å². The van der Waals surface area contributed by atoms with E-state index in [-0.39, 0.29) is 18.0 Å². The number of amides is 1. The monoisotopic (exact) mass is 343 g/mol. The number of likely N-dealkylation sites (tertiary alicyclic amines) is 1. The minimum atomic E-state index is -0.0124. The molecule has 1 saturated heterocycles. The van der Waals surface area contributed by atoms with Crippen LogP contribution in [0.15, 0.2) is 12.1 Å². The van der Waals surface area contributed by atoms with E-state index in [0.717, 1.165) is 21.8 Å². The quantitative estimate of drug-likeness (QED) is 0.922. The molecule has 2 aromatic rings. The van der Waals surface area contributed by atoms with Crippen LogP contribution in [0.2, 0.25) is 0 Å². The number of likely N-dealkylation sites (N-methyl/N-ethyl adjacent to an activating group) is 1. The standard InChI is InChI=1S/C17H21N5OS/c1-10-16(11(2)22(4)20-10)17-14(7-15(23)21(17)3)19-9-13-6-5-12(8-18)24-13/h5-6,14,17,19H,7,9H2,1-4H3/t14-,17-/m1/s1. The first-order valence-electron chi connectivity index (χ1n) is 7.90. The Morgan fingerprint density at radius 3 is 2.75 bits per heavy atom. The number of nitrogens with one attached hydrogen (secondary N) is 1. The van der Waals surface area contributed by atoms with Crippen molar-refractivity contribution in [3.05, 3.63) is 38.8 Å². The molecule has 0 spiro atoms. The molecule has 2 aromatic heterocycles. The SMILES string of the molecule is Cc1nn(C)c(C)c1[C@H]1[C@H](NCc2ccc(C#N)s2)CC(=O)N1C. The molecule has 0 saturated carbocycles. The summed E-state index contributed by atoms with van der Waals surface area (Å²) < 4.78 is 1.87. The molecule has 1 amide bonds. The molecular weight excluding hydrogens is 322 g/mol. The molecule has 1 N–H and O–H groups in total. The summed E-state index contributed by atoms with van der Waals surface area (Å²) in [4.78, 5) is 15.9. The molecule has 7 heteroatoms. The van der Waals surface area contributed by atoms with Crippen molar-refractivity contribution >= 4 is 17.2 Å². The minimum Gasteiger partial charge on any atom is -0.337 e. The van der Waals surface area contributed by atoms with E-state index >= 15 is 0 Å². The molecule has 2 atom stereocenters. The molecule has 1 aliphatic heterocycles. The van der Waals surface area contributed by atoms with Crippen LogP contribution in [0.25, 0.3) is 0 Å². The molecule has 3 rings (SSSR count). The second-order valence-corrected chi connectivity index (χ2v) is 7.40. The average molecular weight is 343 g/mol. The van der Waals surface area contributed by atoms with Gasteiger partial charge >= 0.3 is 0 Å². The van der Waals surface area contributed by atoms with Crippen molar-refractivity contribution in [3.8, 4) is 6.07 Å². The lowest BCUT2D eigenvalue weighted by atomic mass is 9.98. The number of hydrogen-bond donors (Lipinski definition) is 1. The molecule has 0 bridgehead atoms. The molecular formula is C17H21N5OS. The summed E-state index contributed by atoms with van der Waals surface area (Å²) in [6, 6.07) is 5.98.